The van der Waals surface area contributed by atoms with Gasteiger partial charge < -0.3 is 15.4 Å². The first-order valence-corrected chi connectivity index (χ1v) is 7.20. The third-order valence-electron chi connectivity index (χ3n) is 2.93. The highest BCUT2D eigenvalue weighted by molar-refractivity contribution is 5.93. The summed E-state index contributed by atoms with van der Waals surface area (Å²) in [5, 5.41) is 5.71. The van der Waals surface area contributed by atoms with Crippen molar-refractivity contribution in [2.45, 2.75) is 6.92 Å². The molecule has 0 aromatic heterocycles. The molecule has 2 rings (SSSR count). The molecule has 1 amide bonds. The molecule has 0 saturated heterocycles. The lowest BCUT2D eigenvalue weighted by molar-refractivity contribution is -0.114. The zero-order valence-corrected chi connectivity index (χ0v) is 12.9. The van der Waals surface area contributed by atoms with E-state index in [0.29, 0.717) is 18.0 Å². The minimum atomic E-state index is -0.343. The Hall–Kier alpha value is -2.82. The summed E-state index contributed by atoms with van der Waals surface area (Å²) in [5.74, 6) is 0.0844. The first-order valence-electron chi connectivity index (χ1n) is 7.20. The maximum Gasteiger partial charge on any atom is 0.243 e. The minimum absolute atomic E-state index is 0.0742. The van der Waals surface area contributed by atoms with E-state index >= 15 is 0 Å². The lowest BCUT2D eigenvalue weighted by Gasteiger charge is -2.13. The summed E-state index contributed by atoms with van der Waals surface area (Å²) in [6.45, 7) is 6.16. The molecular weight excluding hydrogens is 295 g/mol. The van der Waals surface area contributed by atoms with Gasteiger partial charge in [-0.15, -0.1) is 0 Å². The van der Waals surface area contributed by atoms with Gasteiger partial charge in [-0.2, -0.15) is 0 Å². The Morgan fingerprint density at radius 3 is 2.57 bits per heavy atom. The van der Waals surface area contributed by atoms with Crippen LogP contribution in [0.3, 0.4) is 0 Å². The number of amides is 1. The van der Waals surface area contributed by atoms with Crippen molar-refractivity contribution in [3.63, 3.8) is 0 Å². The number of hydrogen-bond donors (Lipinski definition) is 2. The molecule has 2 aromatic carbocycles. The molecule has 0 atom stereocenters. The fraction of sp³-hybridized carbons (Fsp3) is 0.167. The second-order valence-corrected chi connectivity index (χ2v) is 5.15. The van der Waals surface area contributed by atoms with Crippen molar-refractivity contribution < 1.29 is 13.9 Å². The molecular formula is C18H19FN2O2. The number of benzene rings is 2. The number of halogens is 1. The van der Waals surface area contributed by atoms with Crippen LogP contribution in [-0.4, -0.2) is 19.1 Å². The molecule has 2 aromatic rings. The predicted octanol–water partition coefficient (Wildman–Crippen LogP) is 3.83. The summed E-state index contributed by atoms with van der Waals surface area (Å²) in [7, 11) is 0. The number of para-hydroxylation sites is 2. The Balaban J connectivity index is 1.91. The summed E-state index contributed by atoms with van der Waals surface area (Å²) in [4.78, 5) is 11.9. The van der Waals surface area contributed by atoms with E-state index in [9.17, 15) is 9.18 Å². The monoisotopic (exact) mass is 314 g/mol. The highest BCUT2D eigenvalue weighted by Crippen LogP contribution is 2.23. The predicted molar refractivity (Wildman–Crippen MR) is 90.3 cm³/mol. The molecule has 0 unspecified atom stereocenters. The maximum absolute atomic E-state index is 12.8. The molecule has 0 fully saturated rings. The van der Waals surface area contributed by atoms with Gasteiger partial charge in [0.25, 0.3) is 0 Å². The standard InChI is InChI=1S/C18H19FN2O2/c1-13(2)12-23-17-6-4-3-5-16(17)20-11-18(22)21-15-9-7-14(19)8-10-15/h3-10,20H,1,11-12H2,2H3,(H,21,22). The topological polar surface area (TPSA) is 50.4 Å². The van der Waals surface area contributed by atoms with Crippen LogP contribution in [0.4, 0.5) is 15.8 Å². The van der Waals surface area contributed by atoms with Crippen molar-refractivity contribution in [1.29, 1.82) is 0 Å². The zero-order valence-electron chi connectivity index (χ0n) is 12.9. The Labute approximate surface area is 135 Å². The van der Waals surface area contributed by atoms with Gasteiger partial charge in [-0.3, -0.25) is 4.79 Å². The molecule has 0 bridgehead atoms. The van der Waals surface area contributed by atoms with Crippen molar-refractivity contribution in [2.24, 2.45) is 0 Å². The molecule has 0 aliphatic rings. The molecule has 5 heteroatoms. The highest BCUT2D eigenvalue weighted by Gasteiger charge is 2.06. The maximum atomic E-state index is 12.8. The van der Waals surface area contributed by atoms with Crippen LogP contribution in [0.1, 0.15) is 6.92 Å². The molecule has 0 heterocycles. The van der Waals surface area contributed by atoms with Crippen molar-refractivity contribution in [3.8, 4) is 5.75 Å². The second-order valence-electron chi connectivity index (χ2n) is 5.15. The minimum Gasteiger partial charge on any atom is -0.487 e. The van der Waals surface area contributed by atoms with Crippen LogP contribution in [0, 0.1) is 5.82 Å². The Bertz CT molecular complexity index is 684. The van der Waals surface area contributed by atoms with Crippen LogP contribution in [0.5, 0.6) is 5.75 Å². The van der Waals surface area contributed by atoms with E-state index in [1.54, 1.807) is 0 Å². The number of anilines is 2. The third kappa shape index (κ3) is 5.47. The van der Waals surface area contributed by atoms with Crippen LogP contribution < -0.4 is 15.4 Å². The van der Waals surface area contributed by atoms with E-state index in [-0.39, 0.29) is 18.3 Å². The SMILES string of the molecule is C=C(C)COc1ccccc1NCC(=O)Nc1ccc(F)cc1. The average Bonchev–Trinajstić information content (AvgIpc) is 2.54. The molecule has 0 spiro atoms. The average molecular weight is 314 g/mol. The Kier molecular flexibility index (Phi) is 5.74. The fourth-order valence-electron chi connectivity index (χ4n) is 1.85. The summed E-state index contributed by atoms with van der Waals surface area (Å²) in [6.07, 6.45) is 0. The zero-order chi connectivity index (χ0) is 16.7. The normalized spacial score (nSPS) is 10.0. The van der Waals surface area contributed by atoms with E-state index in [1.165, 1.54) is 24.3 Å². The van der Waals surface area contributed by atoms with Crippen LogP contribution in [-0.2, 0) is 4.79 Å². The number of ether oxygens (including phenoxy) is 1. The van der Waals surface area contributed by atoms with Crippen molar-refractivity contribution in [2.75, 3.05) is 23.8 Å². The molecule has 0 aliphatic carbocycles. The fourth-order valence-corrected chi connectivity index (χ4v) is 1.85. The first kappa shape index (κ1) is 16.5. The van der Waals surface area contributed by atoms with Crippen LogP contribution in [0.15, 0.2) is 60.7 Å². The number of nitrogens with one attached hydrogen (secondary N) is 2. The van der Waals surface area contributed by atoms with E-state index in [0.717, 1.165) is 11.3 Å². The van der Waals surface area contributed by atoms with Gasteiger partial charge in [0.15, 0.2) is 0 Å². The number of hydrogen-bond acceptors (Lipinski definition) is 3. The van der Waals surface area contributed by atoms with Crippen molar-refractivity contribution >= 4 is 17.3 Å². The number of carbonyl (C=O) groups excluding carboxylic acids is 1. The summed E-state index contributed by atoms with van der Waals surface area (Å²) in [6, 6.07) is 13.0. The van der Waals surface area contributed by atoms with Gasteiger partial charge in [-0.1, -0.05) is 18.7 Å². The largest absolute Gasteiger partial charge is 0.487 e. The third-order valence-corrected chi connectivity index (χ3v) is 2.93. The lowest BCUT2D eigenvalue weighted by Crippen LogP contribution is -2.22. The van der Waals surface area contributed by atoms with Gasteiger partial charge in [0, 0.05) is 5.69 Å². The molecule has 0 saturated carbocycles. The van der Waals surface area contributed by atoms with E-state index < -0.39 is 0 Å². The summed E-state index contributed by atoms with van der Waals surface area (Å²) >= 11 is 0. The van der Waals surface area contributed by atoms with Crippen LogP contribution >= 0.6 is 0 Å². The van der Waals surface area contributed by atoms with Gasteiger partial charge >= 0.3 is 0 Å². The second kappa shape index (κ2) is 7.98. The molecule has 0 radical (unpaired) electrons. The van der Waals surface area contributed by atoms with Gasteiger partial charge in [0.1, 0.15) is 18.2 Å². The van der Waals surface area contributed by atoms with Crippen molar-refractivity contribution in [3.05, 3.63) is 66.5 Å². The lowest BCUT2D eigenvalue weighted by atomic mass is 10.3. The molecule has 0 aliphatic heterocycles. The number of carbonyl (C=O) groups is 1. The number of rotatable bonds is 7. The summed E-state index contributed by atoms with van der Waals surface area (Å²) in [5.41, 5.74) is 2.18. The Morgan fingerprint density at radius 1 is 1.17 bits per heavy atom. The first-order chi connectivity index (χ1) is 11.0. The van der Waals surface area contributed by atoms with Gasteiger partial charge in [0.05, 0.1) is 12.2 Å². The van der Waals surface area contributed by atoms with E-state index in [1.807, 2.05) is 31.2 Å². The van der Waals surface area contributed by atoms with Crippen LogP contribution in [0.25, 0.3) is 0 Å². The smallest absolute Gasteiger partial charge is 0.243 e. The van der Waals surface area contributed by atoms with E-state index in [4.69, 9.17) is 4.74 Å². The Morgan fingerprint density at radius 2 is 1.87 bits per heavy atom. The van der Waals surface area contributed by atoms with Gasteiger partial charge in [0.2, 0.25) is 5.91 Å². The van der Waals surface area contributed by atoms with E-state index in [2.05, 4.69) is 17.2 Å². The molecule has 23 heavy (non-hydrogen) atoms. The highest BCUT2D eigenvalue weighted by atomic mass is 19.1. The summed E-state index contributed by atoms with van der Waals surface area (Å²) < 4.78 is 18.4. The molecule has 2 N–H and O–H groups in total. The quantitative estimate of drug-likeness (QED) is 0.764. The molecule has 4 nitrogen and oxygen atoms in total. The molecule has 120 valence electrons. The van der Waals surface area contributed by atoms with Crippen molar-refractivity contribution in [1.82, 2.24) is 0 Å². The van der Waals surface area contributed by atoms with Gasteiger partial charge in [-0.05, 0) is 48.9 Å². The van der Waals surface area contributed by atoms with Gasteiger partial charge in [-0.25, -0.2) is 4.39 Å². The van der Waals surface area contributed by atoms with Crippen LogP contribution in [0.2, 0.25) is 0 Å².